The Bertz CT molecular complexity index is 981. The molecule has 3 rings (SSSR count). The predicted molar refractivity (Wildman–Crippen MR) is 131 cm³/mol. The van der Waals surface area contributed by atoms with Crippen LogP contribution in [0.1, 0.15) is 55.5 Å². The lowest BCUT2D eigenvalue weighted by Crippen LogP contribution is -2.47. The van der Waals surface area contributed by atoms with Gasteiger partial charge in [-0.3, -0.25) is 9.59 Å². The number of nitrogens with zero attached hydrogens (tertiary/aromatic N) is 1. The molecule has 1 saturated heterocycles. The minimum Gasteiger partial charge on any atom is -0.340 e. The topological polar surface area (TPSA) is 90.5 Å². The monoisotopic (exact) mass is 450 g/mol. The molecule has 4 amide bonds. The smallest absolute Gasteiger partial charge is 0.321 e. The van der Waals surface area contributed by atoms with E-state index in [0.717, 1.165) is 44.3 Å². The standard InChI is InChI=1S/C26H34N4O3/c1-18(2)23(29-24(31)20-11-8-10-19(3)16-20)25(32)27-21-12-9-13-22(17-21)28-26(33)30-14-6-4-5-7-15-30/h8-13,16-18,23H,4-7,14-15H2,1-3H3,(H,27,32)(H,28,33)(H,29,31)/t23-/m1/s1. The van der Waals surface area contributed by atoms with E-state index < -0.39 is 6.04 Å². The summed E-state index contributed by atoms with van der Waals surface area (Å²) in [5.74, 6) is -0.697. The largest absolute Gasteiger partial charge is 0.340 e. The first-order chi connectivity index (χ1) is 15.8. The molecule has 1 heterocycles. The van der Waals surface area contributed by atoms with Crippen molar-refractivity contribution in [1.29, 1.82) is 0 Å². The van der Waals surface area contributed by atoms with Gasteiger partial charge >= 0.3 is 6.03 Å². The highest BCUT2D eigenvalue weighted by atomic mass is 16.2. The fourth-order valence-corrected chi connectivity index (χ4v) is 3.92. The third-order valence-electron chi connectivity index (χ3n) is 5.79. The summed E-state index contributed by atoms with van der Waals surface area (Å²) in [4.78, 5) is 40.1. The van der Waals surface area contributed by atoms with E-state index in [0.29, 0.717) is 16.9 Å². The molecule has 0 aliphatic carbocycles. The molecule has 176 valence electrons. The summed E-state index contributed by atoms with van der Waals surface area (Å²) in [5.41, 5.74) is 2.68. The molecule has 0 unspecified atom stereocenters. The van der Waals surface area contributed by atoms with Crippen molar-refractivity contribution in [1.82, 2.24) is 10.2 Å². The lowest BCUT2D eigenvalue weighted by molar-refractivity contribution is -0.118. The Morgan fingerprint density at radius 2 is 1.48 bits per heavy atom. The molecule has 1 atom stereocenters. The number of nitrogens with one attached hydrogen (secondary N) is 3. The summed E-state index contributed by atoms with van der Waals surface area (Å²) < 4.78 is 0. The van der Waals surface area contributed by atoms with Gasteiger partial charge in [0.25, 0.3) is 5.91 Å². The van der Waals surface area contributed by atoms with Gasteiger partial charge in [0, 0.05) is 30.0 Å². The molecule has 0 aromatic heterocycles. The summed E-state index contributed by atoms with van der Waals surface area (Å²) in [6.07, 6.45) is 4.36. The van der Waals surface area contributed by atoms with E-state index in [9.17, 15) is 14.4 Å². The van der Waals surface area contributed by atoms with Gasteiger partial charge in [0.1, 0.15) is 6.04 Å². The number of benzene rings is 2. The number of carbonyl (C=O) groups is 3. The highest BCUT2D eigenvalue weighted by molar-refractivity contribution is 6.01. The average molecular weight is 451 g/mol. The van der Waals surface area contributed by atoms with Gasteiger partial charge in [-0.15, -0.1) is 0 Å². The fourth-order valence-electron chi connectivity index (χ4n) is 3.92. The molecule has 33 heavy (non-hydrogen) atoms. The van der Waals surface area contributed by atoms with Crippen LogP contribution >= 0.6 is 0 Å². The van der Waals surface area contributed by atoms with Crippen LogP contribution in [0.2, 0.25) is 0 Å². The van der Waals surface area contributed by atoms with Crippen LogP contribution in [0.4, 0.5) is 16.2 Å². The maximum atomic E-state index is 13.0. The van der Waals surface area contributed by atoms with E-state index in [-0.39, 0.29) is 23.8 Å². The normalized spacial score (nSPS) is 14.8. The molecule has 0 radical (unpaired) electrons. The lowest BCUT2D eigenvalue weighted by Gasteiger charge is -2.22. The predicted octanol–water partition coefficient (Wildman–Crippen LogP) is 4.80. The van der Waals surface area contributed by atoms with E-state index in [1.807, 2.05) is 37.8 Å². The van der Waals surface area contributed by atoms with Crippen molar-refractivity contribution in [2.45, 2.75) is 52.5 Å². The first-order valence-corrected chi connectivity index (χ1v) is 11.7. The average Bonchev–Trinajstić information content (AvgIpc) is 3.07. The van der Waals surface area contributed by atoms with Gasteiger partial charge in [-0.2, -0.15) is 0 Å². The molecule has 1 aliphatic heterocycles. The molecule has 1 fully saturated rings. The van der Waals surface area contributed by atoms with Crippen LogP contribution in [-0.4, -0.2) is 41.9 Å². The first kappa shape index (κ1) is 24.3. The lowest BCUT2D eigenvalue weighted by atomic mass is 10.0. The number of hydrogen-bond acceptors (Lipinski definition) is 3. The maximum Gasteiger partial charge on any atom is 0.321 e. The van der Waals surface area contributed by atoms with Gasteiger partial charge in [-0.1, -0.05) is 50.5 Å². The second-order valence-corrected chi connectivity index (χ2v) is 8.97. The Morgan fingerprint density at radius 1 is 0.848 bits per heavy atom. The molecular formula is C26H34N4O3. The summed E-state index contributed by atoms with van der Waals surface area (Å²) in [7, 11) is 0. The second-order valence-electron chi connectivity index (χ2n) is 8.97. The summed E-state index contributed by atoms with van der Waals surface area (Å²) in [6, 6.07) is 13.5. The Hall–Kier alpha value is -3.35. The van der Waals surface area contributed by atoms with Crippen molar-refractivity contribution < 1.29 is 14.4 Å². The van der Waals surface area contributed by atoms with E-state index in [1.54, 1.807) is 36.4 Å². The molecule has 1 aliphatic rings. The molecule has 7 heteroatoms. The fraction of sp³-hybridized carbons (Fsp3) is 0.423. The van der Waals surface area contributed by atoms with Crippen molar-refractivity contribution in [2.24, 2.45) is 5.92 Å². The Labute approximate surface area is 195 Å². The van der Waals surface area contributed by atoms with Gasteiger partial charge in [-0.05, 0) is 56.0 Å². The quantitative estimate of drug-likeness (QED) is 0.591. The van der Waals surface area contributed by atoms with Crippen LogP contribution in [0.15, 0.2) is 48.5 Å². The summed E-state index contributed by atoms with van der Waals surface area (Å²) in [6.45, 7) is 7.22. The number of likely N-dealkylation sites (tertiary alicyclic amines) is 1. The van der Waals surface area contributed by atoms with E-state index in [4.69, 9.17) is 0 Å². The molecule has 0 saturated carbocycles. The molecular weight excluding hydrogens is 416 g/mol. The second kappa shape index (κ2) is 11.5. The molecule has 2 aromatic carbocycles. The van der Waals surface area contributed by atoms with Gasteiger partial charge in [0.2, 0.25) is 5.91 Å². The minimum absolute atomic E-state index is 0.107. The van der Waals surface area contributed by atoms with E-state index >= 15 is 0 Å². The van der Waals surface area contributed by atoms with Crippen molar-refractivity contribution in [3.05, 3.63) is 59.7 Å². The minimum atomic E-state index is -0.701. The number of rotatable bonds is 6. The molecule has 7 nitrogen and oxygen atoms in total. The van der Waals surface area contributed by atoms with E-state index in [1.165, 1.54) is 0 Å². The van der Waals surface area contributed by atoms with Crippen LogP contribution in [0.5, 0.6) is 0 Å². The van der Waals surface area contributed by atoms with Gasteiger partial charge in [-0.25, -0.2) is 4.79 Å². The highest BCUT2D eigenvalue weighted by Gasteiger charge is 2.25. The number of aryl methyl sites for hydroxylation is 1. The summed E-state index contributed by atoms with van der Waals surface area (Å²) in [5, 5.41) is 8.65. The van der Waals surface area contributed by atoms with Crippen LogP contribution < -0.4 is 16.0 Å². The molecule has 0 bridgehead atoms. The van der Waals surface area contributed by atoms with Crippen molar-refractivity contribution in [3.63, 3.8) is 0 Å². The Morgan fingerprint density at radius 3 is 2.12 bits per heavy atom. The van der Waals surface area contributed by atoms with E-state index in [2.05, 4.69) is 16.0 Å². The van der Waals surface area contributed by atoms with Gasteiger partial charge in [0.15, 0.2) is 0 Å². The number of anilines is 2. The Balaban J connectivity index is 1.63. The zero-order chi connectivity index (χ0) is 23.8. The number of amides is 4. The SMILES string of the molecule is Cc1cccc(C(=O)N[C@@H](C(=O)Nc2cccc(NC(=O)N3CCCCCC3)c2)C(C)C)c1. The maximum absolute atomic E-state index is 13.0. The number of hydrogen-bond donors (Lipinski definition) is 3. The van der Waals surface area contributed by atoms with Crippen molar-refractivity contribution >= 4 is 29.2 Å². The van der Waals surface area contributed by atoms with Crippen LogP contribution in [0, 0.1) is 12.8 Å². The van der Waals surface area contributed by atoms with Crippen molar-refractivity contribution in [2.75, 3.05) is 23.7 Å². The first-order valence-electron chi connectivity index (χ1n) is 11.7. The highest BCUT2D eigenvalue weighted by Crippen LogP contribution is 2.18. The van der Waals surface area contributed by atoms with Crippen LogP contribution in [-0.2, 0) is 4.79 Å². The van der Waals surface area contributed by atoms with Gasteiger partial charge in [0.05, 0.1) is 0 Å². The molecule has 0 spiro atoms. The zero-order valence-corrected chi connectivity index (χ0v) is 19.7. The summed E-state index contributed by atoms with van der Waals surface area (Å²) >= 11 is 0. The van der Waals surface area contributed by atoms with Gasteiger partial charge < -0.3 is 20.9 Å². The number of urea groups is 1. The Kier molecular flexibility index (Phi) is 8.46. The third-order valence-corrected chi connectivity index (χ3v) is 5.79. The third kappa shape index (κ3) is 7.07. The van der Waals surface area contributed by atoms with Crippen LogP contribution in [0.25, 0.3) is 0 Å². The van der Waals surface area contributed by atoms with Crippen molar-refractivity contribution in [3.8, 4) is 0 Å². The zero-order valence-electron chi connectivity index (χ0n) is 19.7. The molecule has 2 aromatic rings. The number of carbonyl (C=O) groups excluding carboxylic acids is 3. The van der Waals surface area contributed by atoms with Crippen LogP contribution in [0.3, 0.4) is 0 Å². The molecule has 3 N–H and O–H groups in total.